The molecule has 29 heavy (non-hydrogen) atoms. The Kier molecular flexibility index (Phi) is 10.8. The van der Waals surface area contributed by atoms with Crippen LogP contribution in [0.1, 0.15) is 5.56 Å². The first-order valence-electron chi connectivity index (χ1n) is 8.88. The van der Waals surface area contributed by atoms with Crippen LogP contribution in [0.15, 0.2) is 103 Å². The molecule has 0 N–H and O–H groups in total. The molecule has 5 rings (SSSR count). The third kappa shape index (κ3) is 6.23. The van der Waals surface area contributed by atoms with E-state index in [0.29, 0.717) is 0 Å². The van der Waals surface area contributed by atoms with E-state index >= 15 is 0 Å². The van der Waals surface area contributed by atoms with Crippen molar-refractivity contribution in [1.82, 2.24) is 0 Å². The number of aryl methyl sites for hydroxylation is 1. The van der Waals surface area contributed by atoms with Crippen LogP contribution < -0.4 is 0 Å². The predicted molar refractivity (Wildman–Crippen MR) is 128 cm³/mol. The molecule has 0 aliphatic carbocycles. The number of rotatable bonds is 1. The molecule has 2 heteroatoms. The first-order chi connectivity index (χ1) is 13.3. The second-order valence-corrected chi connectivity index (χ2v) is 6.36. The van der Waals surface area contributed by atoms with Crippen molar-refractivity contribution in [1.29, 1.82) is 0 Å². The van der Waals surface area contributed by atoms with Crippen molar-refractivity contribution in [2.75, 3.05) is 0 Å². The molecule has 0 fully saturated rings. The Bertz CT molecular complexity index is 1090. The molecule has 0 saturated carbocycles. The van der Waals surface area contributed by atoms with E-state index in [9.17, 15) is 0 Å². The molecule has 0 aromatic heterocycles. The minimum absolute atomic E-state index is 0. The third-order valence-electron chi connectivity index (χ3n) is 4.53. The van der Waals surface area contributed by atoms with E-state index in [1.807, 2.05) is 0 Å². The summed E-state index contributed by atoms with van der Waals surface area (Å²) in [5.74, 6) is 0. The molecule has 146 valence electrons. The van der Waals surface area contributed by atoms with Crippen LogP contribution in [0.4, 0.5) is 0 Å². The molecule has 0 bridgehead atoms. The Morgan fingerprint density at radius 3 is 2.10 bits per heavy atom. The van der Waals surface area contributed by atoms with E-state index in [4.69, 9.17) is 0 Å². The molecule has 0 spiro atoms. The fraction of sp³-hybridized carbons (Fsp3) is 0.0370. The van der Waals surface area contributed by atoms with Gasteiger partial charge in [0.05, 0.1) is 0 Å². The van der Waals surface area contributed by atoms with Crippen molar-refractivity contribution in [3.8, 4) is 11.1 Å². The second-order valence-electron chi connectivity index (χ2n) is 6.36. The number of hydrogen-bond donors (Lipinski definition) is 0. The topological polar surface area (TPSA) is 0 Å². The van der Waals surface area contributed by atoms with Crippen LogP contribution in [0.3, 0.4) is 0 Å². The van der Waals surface area contributed by atoms with Gasteiger partial charge in [-0.15, -0.1) is 64.2 Å². The van der Waals surface area contributed by atoms with Gasteiger partial charge in [-0.2, -0.15) is 23.6 Å². The molecule has 2 radical (unpaired) electrons. The quantitative estimate of drug-likeness (QED) is 0.175. The molecule has 5 aromatic rings. The second kappa shape index (κ2) is 12.5. The maximum Gasteiger partial charge on any atom is -0.0809 e. The van der Waals surface area contributed by atoms with Gasteiger partial charge in [0.2, 0.25) is 0 Å². The largest absolute Gasteiger partial charge is 0.168 e. The average molecular weight is 470 g/mol. The van der Waals surface area contributed by atoms with Crippen LogP contribution in [0.2, 0.25) is 0 Å². The number of hydrogen-bond acceptors (Lipinski definition) is 0. The van der Waals surface area contributed by atoms with Crippen molar-refractivity contribution >= 4 is 28.4 Å². The molecule has 0 aliphatic rings. The summed E-state index contributed by atoms with van der Waals surface area (Å²) in [5.41, 5.74) is 3.95. The predicted octanol–water partition coefficient (Wildman–Crippen LogP) is 7.61. The Labute approximate surface area is 192 Å². The van der Waals surface area contributed by atoms with Crippen molar-refractivity contribution in [3.05, 3.63) is 124 Å². The first-order valence-corrected chi connectivity index (χ1v) is 13.1. The normalized spacial score (nSPS) is 9.24. The fourth-order valence-corrected chi connectivity index (χ4v) is 3.32. The average Bonchev–Trinajstić information content (AvgIpc) is 3.36. The Morgan fingerprint density at radius 2 is 1.38 bits per heavy atom. The monoisotopic (exact) mass is 468 g/mol. The minimum atomic E-state index is 0. The summed E-state index contributed by atoms with van der Waals surface area (Å²) in [4.78, 5) is 0. The van der Waals surface area contributed by atoms with Crippen molar-refractivity contribution in [3.63, 3.8) is 0 Å². The maximum atomic E-state index is 3.06. The molecule has 0 heterocycles. The van der Waals surface area contributed by atoms with Gasteiger partial charge in [0.15, 0.2) is 0 Å². The smallest absolute Gasteiger partial charge is 0.0809 e. The van der Waals surface area contributed by atoms with Crippen LogP contribution in [-0.4, -0.2) is 6.88 Å². The molecule has 0 unspecified atom stereocenters. The third-order valence-corrected chi connectivity index (χ3v) is 4.53. The van der Waals surface area contributed by atoms with E-state index in [1.54, 1.807) is 0 Å². The molecule has 0 aliphatic heterocycles. The molecule has 5 aromatic carbocycles. The zero-order valence-electron chi connectivity index (χ0n) is 17.3. The van der Waals surface area contributed by atoms with Gasteiger partial charge >= 0.3 is 30.2 Å². The van der Waals surface area contributed by atoms with Crippen LogP contribution in [0.5, 0.6) is 0 Å². The van der Waals surface area contributed by atoms with Crippen LogP contribution in [-0.2, 0) is 23.3 Å². The summed E-state index contributed by atoms with van der Waals surface area (Å²) in [6.07, 6.45) is 0. The summed E-state index contributed by atoms with van der Waals surface area (Å²) in [6, 6.07) is 36.2. The van der Waals surface area contributed by atoms with E-state index in [2.05, 4.69) is 117 Å². The van der Waals surface area contributed by atoms with Crippen LogP contribution in [0, 0.1) is 21.8 Å². The van der Waals surface area contributed by atoms with Gasteiger partial charge < -0.3 is 14.9 Å². The van der Waals surface area contributed by atoms with E-state index in [1.165, 1.54) is 61.6 Å². The fourth-order valence-electron chi connectivity index (χ4n) is 3.32. The molecule has 0 nitrogen and oxygen atoms in total. The Morgan fingerprint density at radius 1 is 0.724 bits per heavy atom. The van der Waals surface area contributed by atoms with Crippen LogP contribution >= 0.6 is 0 Å². The molecule has 0 saturated heterocycles. The van der Waals surface area contributed by atoms with Gasteiger partial charge in [-0.1, -0.05) is 55.0 Å². The summed E-state index contributed by atoms with van der Waals surface area (Å²) in [7, 11) is 0. The van der Waals surface area contributed by atoms with E-state index in [0.717, 1.165) is 0 Å². The van der Waals surface area contributed by atoms with Gasteiger partial charge in [0.25, 0.3) is 0 Å². The summed E-state index contributed by atoms with van der Waals surface area (Å²) >= 11 is 1.36. The zero-order chi connectivity index (χ0) is 19.1. The SMILES string of the molecule is Cc1cc2c(-c3ccccc3)cccc2[cH-]1.[CH3-].[CH3-].[Si]=[Zr].c1ccc2[cH-]ccc2c1. The maximum absolute atomic E-state index is 3.06. The van der Waals surface area contributed by atoms with E-state index in [-0.39, 0.29) is 14.9 Å². The summed E-state index contributed by atoms with van der Waals surface area (Å²) in [6.45, 7) is 5.21. The van der Waals surface area contributed by atoms with Gasteiger partial charge in [-0.3, -0.25) is 0 Å². The number of fused-ring (bicyclic) bond motifs is 2. The summed E-state index contributed by atoms with van der Waals surface area (Å²) < 4.78 is 0. The molecule has 0 atom stereocenters. The molecular weight excluding hydrogens is 444 g/mol. The first kappa shape index (κ1) is 25.0. The van der Waals surface area contributed by atoms with Crippen molar-refractivity contribution in [2.24, 2.45) is 0 Å². The summed E-state index contributed by atoms with van der Waals surface area (Å²) in [5, 5.41) is 5.35. The Balaban J connectivity index is 0.000000279. The van der Waals surface area contributed by atoms with Gasteiger partial charge in [0.1, 0.15) is 0 Å². The van der Waals surface area contributed by atoms with Gasteiger partial charge in [-0.05, 0) is 5.56 Å². The Hall–Kier alpha value is -2.02. The standard InChI is InChI=1S/C16H13.C9H7.2CH3.Si.Zr/c1-12-10-14-8-5-9-15(16(14)11-12)13-6-3-2-4-7-13;1-2-5-9-7-3-6-8(9)4-1;;;;/h2-11H,1H3;1-7H;2*1H3;;/q4*-1;;. The number of benzene rings is 3. The van der Waals surface area contributed by atoms with Gasteiger partial charge in [0, 0.05) is 0 Å². The van der Waals surface area contributed by atoms with Gasteiger partial charge in [-0.25, -0.2) is 0 Å². The minimum Gasteiger partial charge on any atom is -0.168 e. The van der Waals surface area contributed by atoms with Crippen LogP contribution in [0.25, 0.3) is 32.7 Å². The van der Waals surface area contributed by atoms with E-state index < -0.39 is 0 Å². The zero-order valence-corrected chi connectivity index (χ0v) is 20.8. The molecule has 0 amide bonds. The van der Waals surface area contributed by atoms with Crippen molar-refractivity contribution < 1.29 is 23.3 Å². The molecular formula is C27H26SiZr-4. The van der Waals surface area contributed by atoms with Crippen molar-refractivity contribution in [2.45, 2.75) is 6.92 Å².